The molecule has 0 unspecified atom stereocenters. The molecule has 19 heavy (non-hydrogen) atoms. The molecule has 1 aromatic rings. The van der Waals surface area contributed by atoms with Gasteiger partial charge in [0.15, 0.2) is 0 Å². The van der Waals surface area contributed by atoms with Crippen molar-refractivity contribution < 1.29 is 5.11 Å². The van der Waals surface area contributed by atoms with E-state index in [2.05, 4.69) is 63.5 Å². The summed E-state index contributed by atoms with van der Waals surface area (Å²) in [6.07, 6.45) is 2.62. The summed E-state index contributed by atoms with van der Waals surface area (Å²) < 4.78 is 0. The molecule has 2 heteroatoms. The van der Waals surface area contributed by atoms with Crippen LogP contribution in [0.4, 0.5) is 0 Å². The Morgan fingerprint density at radius 3 is 2.42 bits per heavy atom. The van der Waals surface area contributed by atoms with Crippen molar-refractivity contribution in [2.75, 3.05) is 0 Å². The predicted molar refractivity (Wildman–Crippen MR) is 85.6 cm³/mol. The highest BCUT2D eigenvalue weighted by molar-refractivity contribution is 6.94. The van der Waals surface area contributed by atoms with E-state index in [4.69, 9.17) is 0 Å². The summed E-state index contributed by atoms with van der Waals surface area (Å²) in [6.45, 7) is 13.1. The Kier molecular flexibility index (Phi) is 3.52. The number of hydrogen-bond donors (Lipinski definition) is 1. The molecule has 2 rings (SSSR count). The molecule has 0 atom stereocenters. The Bertz CT molecular complexity index is 484. The molecule has 0 spiro atoms. The Balaban J connectivity index is 2.40. The monoisotopic (exact) mass is 274 g/mol. The van der Waals surface area contributed by atoms with E-state index in [0.717, 1.165) is 19.3 Å². The summed E-state index contributed by atoms with van der Waals surface area (Å²) in [7, 11) is -1.56. The number of aliphatic hydroxyl groups is 1. The number of benzene rings is 1. The molecule has 0 amide bonds. The highest BCUT2D eigenvalue weighted by Gasteiger charge is 2.51. The second-order valence-electron chi connectivity index (χ2n) is 6.96. The second kappa shape index (κ2) is 4.60. The van der Waals surface area contributed by atoms with Crippen molar-refractivity contribution in [1.82, 2.24) is 0 Å². The van der Waals surface area contributed by atoms with Crippen LogP contribution in [0.3, 0.4) is 0 Å². The van der Waals surface area contributed by atoms with Gasteiger partial charge in [-0.3, -0.25) is 0 Å². The lowest BCUT2D eigenvalue weighted by molar-refractivity contribution is -0.0869. The van der Waals surface area contributed by atoms with Crippen molar-refractivity contribution in [2.24, 2.45) is 0 Å². The molecule has 1 aliphatic rings. The lowest BCUT2D eigenvalue weighted by atomic mass is 9.56. The van der Waals surface area contributed by atoms with Crippen LogP contribution in [0.5, 0.6) is 0 Å². The molecule has 104 valence electrons. The molecule has 0 saturated heterocycles. The summed E-state index contributed by atoms with van der Waals surface area (Å²) in [5.74, 6) is 0. The zero-order chi connectivity index (χ0) is 14.3. The normalized spacial score (nSPS) is 30.8. The van der Waals surface area contributed by atoms with Gasteiger partial charge in [0.2, 0.25) is 0 Å². The molecule has 1 saturated carbocycles. The van der Waals surface area contributed by atoms with E-state index in [0.29, 0.717) is 0 Å². The van der Waals surface area contributed by atoms with Gasteiger partial charge in [0.25, 0.3) is 0 Å². The van der Waals surface area contributed by atoms with Gasteiger partial charge in [-0.15, -0.1) is 6.58 Å². The summed E-state index contributed by atoms with van der Waals surface area (Å²) in [5.41, 5.74) is 3.28. The van der Waals surface area contributed by atoms with Gasteiger partial charge in [0.05, 0.1) is 5.60 Å². The molecule has 0 radical (unpaired) electrons. The molecule has 0 aliphatic heterocycles. The van der Waals surface area contributed by atoms with E-state index < -0.39 is 13.7 Å². The molecule has 1 aromatic carbocycles. The summed E-state index contributed by atoms with van der Waals surface area (Å²) >= 11 is 0. The van der Waals surface area contributed by atoms with Crippen LogP contribution in [0.15, 0.2) is 36.5 Å². The maximum atomic E-state index is 10.4. The third-order valence-electron chi connectivity index (χ3n) is 4.88. The van der Waals surface area contributed by atoms with Crippen molar-refractivity contribution in [2.45, 2.75) is 57.2 Å². The first-order valence-corrected chi connectivity index (χ1v) is 10.3. The van der Waals surface area contributed by atoms with E-state index in [1.54, 1.807) is 0 Å². The van der Waals surface area contributed by atoms with Gasteiger partial charge in [-0.2, -0.15) is 0 Å². The van der Waals surface area contributed by atoms with Gasteiger partial charge in [0.1, 0.15) is 8.07 Å². The average molecular weight is 274 g/mol. The molecule has 0 aromatic heterocycles. The van der Waals surface area contributed by atoms with Crippen molar-refractivity contribution in [3.8, 4) is 0 Å². The molecular formula is C17H26OSi. The zero-order valence-electron chi connectivity index (χ0n) is 12.7. The first-order chi connectivity index (χ1) is 8.76. The highest BCUT2D eigenvalue weighted by atomic mass is 28.3. The smallest absolute Gasteiger partial charge is 0.103 e. The minimum absolute atomic E-state index is 0.134. The van der Waals surface area contributed by atoms with Gasteiger partial charge < -0.3 is 5.11 Å². The topological polar surface area (TPSA) is 20.2 Å². The molecule has 1 fully saturated rings. The fourth-order valence-electron chi connectivity index (χ4n) is 3.52. The van der Waals surface area contributed by atoms with Crippen LogP contribution < -0.4 is 5.19 Å². The average Bonchev–Trinajstić information content (AvgIpc) is 2.37. The minimum Gasteiger partial charge on any atom is -0.390 e. The van der Waals surface area contributed by atoms with E-state index >= 15 is 0 Å². The van der Waals surface area contributed by atoms with Crippen molar-refractivity contribution in [1.29, 1.82) is 0 Å². The third-order valence-corrected chi connectivity index (χ3v) is 7.72. The summed E-state index contributed by atoms with van der Waals surface area (Å²) in [6, 6.07) is 8.77. The van der Waals surface area contributed by atoms with Crippen LogP contribution >= 0.6 is 0 Å². The van der Waals surface area contributed by atoms with Crippen LogP contribution in [0.25, 0.3) is 0 Å². The summed E-state index contributed by atoms with van der Waals surface area (Å²) in [4.78, 5) is 0. The van der Waals surface area contributed by atoms with E-state index in [1.165, 1.54) is 10.8 Å². The van der Waals surface area contributed by atoms with Gasteiger partial charge >= 0.3 is 0 Å². The third kappa shape index (κ3) is 2.44. The van der Waals surface area contributed by atoms with Crippen LogP contribution in [0.2, 0.25) is 13.1 Å². The Hall–Kier alpha value is -0.863. The standard InChI is InChI=1S/C17H26OSi/c1-6-17(18)12-16(3,13-17)14-10-8-9-11-15(14)19(4,5)7-2/h7-11,18H,2,6,12-13H2,1,3-5H3. The van der Waals surface area contributed by atoms with Crippen molar-refractivity contribution in [3.63, 3.8) is 0 Å². The van der Waals surface area contributed by atoms with Crippen LogP contribution in [0, 0.1) is 0 Å². The molecular weight excluding hydrogens is 248 g/mol. The largest absolute Gasteiger partial charge is 0.390 e. The fourth-order valence-corrected chi connectivity index (χ4v) is 5.35. The molecule has 0 heterocycles. The molecule has 1 nitrogen and oxygen atoms in total. The van der Waals surface area contributed by atoms with E-state index in [-0.39, 0.29) is 5.41 Å². The predicted octanol–water partition coefficient (Wildman–Crippen LogP) is 3.52. The zero-order valence-corrected chi connectivity index (χ0v) is 13.7. The quantitative estimate of drug-likeness (QED) is 0.833. The van der Waals surface area contributed by atoms with Crippen LogP contribution in [-0.4, -0.2) is 18.8 Å². The lowest BCUT2D eigenvalue weighted by Gasteiger charge is -2.53. The van der Waals surface area contributed by atoms with Gasteiger partial charge in [-0.05, 0) is 30.2 Å². The van der Waals surface area contributed by atoms with Crippen molar-refractivity contribution >= 4 is 13.3 Å². The molecule has 1 N–H and O–H groups in total. The first kappa shape index (κ1) is 14.5. The van der Waals surface area contributed by atoms with Crippen LogP contribution in [0.1, 0.15) is 38.7 Å². The molecule has 1 aliphatic carbocycles. The number of rotatable bonds is 4. The summed E-state index contributed by atoms with van der Waals surface area (Å²) in [5, 5.41) is 11.8. The molecule has 0 bridgehead atoms. The van der Waals surface area contributed by atoms with E-state index in [9.17, 15) is 5.11 Å². The van der Waals surface area contributed by atoms with Crippen LogP contribution in [-0.2, 0) is 5.41 Å². The highest BCUT2D eigenvalue weighted by Crippen LogP contribution is 2.51. The van der Waals surface area contributed by atoms with Gasteiger partial charge in [0, 0.05) is 0 Å². The fraction of sp³-hybridized carbons (Fsp3) is 0.529. The second-order valence-corrected chi connectivity index (χ2v) is 11.4. The Morgan fingerprint density at radius 1 is 1.32 bits per heavy atom. The van der Waals surface area contributed by atoms with E-state index in [1.807, 2.05) is 0 Å². The van der Waals surface area contributed by atoms with Gasteiger partial charge in [-0.1, -0.05) is 62.1 Å². The lowest BCUT2D eigenvalue weighted by Crippen LogP contribution is -2.56. The van der Waals surface area contributed by atoms with Crippen molar-refractivity contribution in [3.05, 3.63) is 42.1 Å². The maximum Gasteiger partial charge on any atom is 0.103 e. The van der Waals surface area contributed by atoms with Gasteiger partial charge in [-0.25, -0.2) is 0 Å². The minimum atomic E-state index is -1.56. The SMILES string of the molecule is C=C[Si](C)(C)c1ccccc1C1(C)CC(O)(CC)C1. The Morgan fingerprint density at radius 2 is 1.89 bits per heavy atom. The first-order valence-electron chi connectivity index (χ1n) is 7.22. The maximum absolute atomic E-state index is 10.4. The Labute approximate surface area is 118 Å². The number of hydrogen-bond acceptors (Lipinski definition) is 1.